The van der Waals surface area contributed by atoms with Crippen LogP contribution in [0.3, 0.4) is 0 Å². The van der Waals surface area contributed by atoms with Gasteiger partial charge in [0.05, 0.1) is 6.54 Å². The van der Waals surface area contributed by atoms with Gasteiger partial charge in [0.1, 0.15) is 12.1 Å². The van der Waals surface area contributed by atoms with Crippen molar-refractivity contribution in [1.29, 1.82) is 0 Å². The van der Waals surface area contributed by atoms with Gasteiger partial charge in [-0.25, -0.2) is 13.8 Å². The first-order chi connectivity index (χ1) is 15.3. The van der Waals surface area contributed by atoms with Crippen molar-refractivity contribution in [3.05, 3.63) is 82.4 Å². The number of aromatic nitrogens is 1. The van der Waals surface area contributed by atoms with Crippen molar-refractivity contribution in [2.75, 3.05) is 5.73 Å². The molecule has 32 heavy (non-hydrogen) atoms. The number of anilines is 1. The largest absolute Gasteiger partial charge is 0.383 e. The molecule has 3 aromatic rings. The first kappa shape index (κ1) is 23.3. The van der Waals surface area contributed by atoms with E-state index >= 15 is 0 Å². The highest BCUT2D eigenvalue weighted by Crippen LogP contribution is 2.15. The summed E-state index contributed by atoms with van der Waals surface area (Å²) in [6.45, 7) is 0.129. The highest BCUT2D eigenvalue weighted by Gasteiger charge is 2.25. The second-order valence-electron chi connectivity index (χ2n) is 7.10. The number of hydrogen-bond donors (Lipinski definition) is 4. The standard InChI is InChI=1S/C22H22F2N4O3S/c23-16-7-6-14(8-17(16)24)9-18(20(30)26-11-15-12-27-22(25)32-15)28-21(31)19(29)10-13-4-2-1-3-5-13/h1-8,12,18-19,29H,9-11H2,(H2,25,27)(H,26,30)(H,28,31)/t18-,19+/m0/s1. The fraction of sp³-hybridized carbons (Fsp3) is 0.227. The second-order valence-corrected chi connectivity index (χ2v) is 8.25. The van der Waals surface area contributed by atoms with E-state index in [1.54, 1.807) is 24.3 Å². The summed E-state index contributed by atoms with van der Waals surface area (Å²) in [6, 6.07) is 11.0. The topological polar surface area (TPSA) is 117 Å². The molecule has 2 atom stereocenters. The van der Waals surface area contributed by atoms with Crippen LogP contribution in [0.25, 0.3) is 0 Å². The van der Waals surface area contributed by atoms with Gasteiger partial charge in [-0.1, -0.05) is 36.4 Å². The van der Waals surface area contributed by atoms with E-state index in [9.17, 15) is 23.5 Å². The number of nitrogens with two attached hydrogens (primary N) is 1. The summed E-state index contributed by atoms with van der Waals surface area (Å²) < 4.78 is 26.9. The third-order valence-corrected chi connectivity index (χ3v) is 5.47. The zero-order chi connectivity index (χ0) is 23.1. The van der Waals surface area contributed by atoms with Gasteiger partial charge in [-0.3, -0.25) is 9.59 Å². The summed E-state index contributed by atoms with van der Waals surface area (Å²) in [7, 11) is 0. The molecule has 168 valence electrons. The molecule has 0 aliphatic carbocycles. The molecule has 0 saturated heterocycles. The monoisotopic (exact) mass is 460 g/mol. The Labute approximate surface area is 187 Å². The minimum Gasteiger partial charge on any atom is -0.383 e. The first-order valence-electron chi connectivity index (χ1n) is 9.76. The highest BCUT2D eigenvalue weighted by molar-refractivity contribution is 7.15. The van der Waals surface area contributed by atoms with Gasteiger partial charge < -0.3 is 21.5 Å². The number of nitrogen functional groups attached to an aromatic ring is 1. The summed E-state index contributed by atoms with van der Waals surface area (Å²) in [5, 5.41) is 15.8. The zero-order valence-corrected chi connectivity index (χ0v) is 17.7. The van der Waals surface area contributed by atoms with Crippen LogP contribution in [-0.4, -0.2) is 34.1 Å². The van der Waals surface area contributed by atoms with Crippen LogP contribution in [0.4, 0.5) is 13.9 Å². The number of carbonyl (C=O) groups is 2. The summed E-state index contributed by atoms with van der Waals surface area (Å²) in [4.78, 5) is 29.9. The minimum atomic E-state index is -1.39. The molecule has 0 radical (unpaired) electrons. The van der Waals surface area contributed by atoms with Gasteiger partial charge in [-0.2, -0.15) is 0 Å². The second kappa shape index (κ2) is 10.8. The van der Waals surface area contributed by atoms with Gasteiger partial charge in [0, 0.05) is 23.9 Å². The van der Waals surface area contributed by atoms with Crippen molar-refractivity contribution in [3.8, 4) is 0 Å². The Balaban J connectivity index is 1.70. The molecule has 0 spiro atoms. The molecule has 0 fully saturated rings. The molecule has 2 amide bonds. The number of aliphatic hydroxyl groups is 1. The molecule has 10 heteroatoms. The van der Waals surface area contributed by atoms with Gasteiger partial charge in [0.15, 0.2) is 16.8 Å². The minimum absolute atomic E-state index is 0.0618. The van der Waals surface area contributed by atoms with Crippen LogP contribution in [-0.2, 0) is 29.0 Å². The molecule has 1 heterocycles. The van der Waals surface area contributed by atoms with Gasteiger partial charge in [0.2, 0.25) is 11.8 Å². The molecule has 3 rings (SSSR count). The zero-order valence-electron chi connectivity index (χ0n) is 16.9. The number of hydrogen-bond acceptors (Lipinski definition) is 6. The van der Waals surface area contributed by atoms with Gasteiger partial charge in [-0.05, 0) is 23.3 Å². The van der Waals surface area contributed by atoms with Crippen LogP contribution >= 0.6 is 11.3 Å². The van der Waals surface area contributed by atoms with Crippen molar-refractivity contribution in [3.63, 3.8) is 0 Å². The third kappa shape index (κ3) is 6.56. The average molecular weight is 461 g/mol. The number of thiazole rings is 1. The van der Waals surface area contributed by atoms with Gasteiger partial charge in [0.25, 0.3) is 0 Å². The van der Waals surface area contributed by atoms with E-state index in [2.05, 4.69) is 15.6 Å². The number of benzene rings is 2. The number of carbonyl (C=O) groups excluding carboxylic acids is 2. The Morgan fingerprint density at radius 2 is 1.78 bits per heavy atom. The maximum Gasteiger partial charge on any atom is 0.249 e. The van der Waals surface area contributed by atoms with Crippen molar-refractivity contribution in [2.45, 2.75) is 31.5 Å². The highest BCUT2D eigenvalue weighted by atomic mass is 32.1. The van der Waals surface area contributed by atoms with E-state index in [0.717, 1.165) is 17.7 Å². The van der Waals surface area contributed by atoms with Crippen LogP contribution < -0.4 is 16.4 Å². The molecule has 2 aromatic carbocycles. The Morgan fingerprint density at radius 3 is 2.44 bits per heavy atom. The lowest BCUT2D eigenvalue weighted by Crippen LogP contribution is -2.51. The van der Waals surface area contributed by atoms with Crippen LogP contribution in [0.1, 0.15) is 16.0 Å². The molecular weight excluding hydrogens is 438 g/mol. The summed E-state index contributed by atoms with van der Waals surface area (Å²) in [5.41, 5.74) is 6.64. The number of nitrogens with one attached hydrogen (secondary N) is 2. The van der Waals surface area contributed by atoms with E-state index in [4.69, 9.17) is 5.73 Å². The lowest BCUT2D eigenvalue weighted by atomic mass is 10.0. The summed E-state index contributed by atoms with van der Waals surface area (Å²) in [6.07, 6.45) is 0.0931. The molecule has 0 unspecified atom stereocenters. The van der Waals surface area contributed by atoms with Gasteiger partial charge in [-0.15, -0.1) is 11.3 Å². The summed E-state index contributed by atoms with van der Waals surface area (Å²) in [5.74, 6) is -3.38. The van der Waals surface area contributed by atoms with E-state index in [1.165, 1.54) is 23.6 Å². The van der Waals surface area contributed by atoms with E-state index in [0.29, 0.717) is 15.6 Å². The number of aliphatic hydroxyl groups excluding tert-OH is 1. The Bertz CT molecular complexity index is 1080. The maximum atomic E-state index is 13.6. The number of halogens is 2. The normalized spacial score (nSPS) is 12.7. The smallest absolute Gasteiger partial charge is 0.249 e. The predicted octanol–water partition coefficient (Wildman–Crippen LogP) is 1.95. The quantitative estimate of drug-likeness (QED) is 0.389. The molecule has 0 aliphatic heterocycles. The molecule has 0 aliphatic rings. The first-order valence-corrected chi connectivity index (χ1v) is 10.6. The van der Waals surface area contributed by atoms with Crippen molar-refractivity contribution in [2.24, 2.45) is 0 Å². The van der Waals surface area contributed by atoms with Crippen LogP contribution in [0, 0.1) is 11.6 Å². The Kier molecular flexibility index (Phi) is 7.85. The molecule has 5 N–H and O–H groups in total. The maximum absolute atomic E-state index is 13.6. The SMILES string of the molecule is Nc1ncc(CNC(=O)[C@H](Cc2ccc(F)c(F)c2)NC(=O)[C@H](O)Cc2ccccc2)s1. The number of nitrogens with zero attached hydrogens (tertiary/aromatic N) is 1. The molecule has 0 bridgehead atoms. The third-order valence-electron chi connectivity index (χ3n) is 4.64. The molecule has 1 aromatic heterocycles. The lowest BCUT2D eigenvalue weighted by molar-refractivity contribution is -0.134. The Morgan fingerprint density at radius 1 is 1.03 bits per heavy atom. The Hall–Kier alpha value is -3.37. The van der Waals surface area contributed by atoms with Crippen LogP contribution in [0.2, 0.25) is 0 Å². The number of amides is 2. The van der Waals surface area contributed by atoms with E-state index < -0.39 is 35.6 Å². The van der Waals surface area contributed by atoms with Crippen molar-refractivity contribution < 1.29 is 23.5 Å². The molecule has 0 saturated carbocycles. The predicted molar refractivity (Wildman–Crippen MR) is 117 cm³/mol. The fourth-order valence-electron chi connectivity index (χ4n) is 3.01. The fourth-order valence-corrected chi connectivity index (χ4v) is 3.64. The lowest BCUT2D eigenvalue weighted by Gasteiger charge is -2.20. The van der Waals surface area contributed by atoms with Crippen LogP contribution in [0.5, 0.6) is 0 Å². The van der Waals surface area contributed by atoms with Gasteiger partial charge >= 0.3 is 0 Å². The van der Waals surface area contributed by atoms with Crippen molar-refractivity contribution >= 4 is 28.3 Å². The average Bonchev–Trinajstić information content (AvgIpc) is 3.19. The van der Waals surface area contributed by atoms with Crippen LogP contribution in [0.15, 0.2) is 54.7 Å². The number of rotatable bonds is 9. The molecular formula is C22H22F2N4O3S. The van der Waals surface area contributed by atoms with E-state index in [1.807, 2.05) is 6.07 Å². The summed E-state index contributed by atoms with van der Waals surface area (Å²) >= 11 is 1.20. The molecule has 7 nitrogen and oxygen atoms in total. The van der Waals surface area contributed by atoms with E-state index in [-0.39, 0.29) is 19.4 Å². The van der Waals surface area contributed by atoms with Crippen molar-refractivity contribution in [1.82, 2.24) is 15.6 Å².